The zero-order chi connectivity index (χ0) is 13.5. The predicted molar refractivity (Wildman–Crippen MR) is 75.6 cm³/mol. The van der Waals surface area contributed by atoms with Gasteiger partial charge >= 0.3 is 0 Å². The van der Waals surface area contributed by atoms with E-state index in [0.29, 0.717) is 34.8 Å². The first-order valence-electron chi connectivity index (χ1n) is 5.69. The second-order valence-electron chi connectivity index (χ2n) is 3.49. The molecular formula is C11H16Cl2N4O. The van der Waals surface area contributed by atoms with Crippen LogP contribution >= 0.6 is 23.2 Å². The lowest BCUT2D eigenvalue weighted by molar-refractivity contribution is -0.119. The molecule has 0 saturated carbocycles. The lowest BCUT2D eigenvalue weighted by Gasteiger charge is -2.11. The van der Waals surface area contributed by atoms with Gasteiger partial charge in [0.2, 0.25) is 5.91 Å². The summed E-state index contributed by atoms with van der Waals surface area (Å²) in [6.45, 7) is 5.20. The Morgan fingerprint density at radius 1 is 1.17 bits per heavy atom. The Morgan fingerprint density at radius 2 is 1.78 bits per heavy atom. The van der Waals surface area contributed by atoms with Gasteiger partial charge in [0.15, 0.2) is 0 Å². The molecule has 1 aromatic rings. The second kappa shape index (κ2) is 7.28. The number of nitrogens with one attached hydrogen (secondary N) is 3. The van der Waals surface area contributed by atoms with Gasteiger partial charge in [0, 0.05) is 13.1 Å². The number of carbonyl (C=O) groups is 1. The first kappa shape index (κ1) is 14.9. The van der Waals surface area contributed by atoms with Crippen LogP contribution in [0, 0.1) is 0 Å². The maximum absolute atomic E-state index is 11.3. The minimum atomic E-state index is -0.115. The standard InChI is InChI=1S/C11H16Cl2N4O/c1-3-14-9(18)6-16-11-8(13)5-7(12)10(17-11)15-4-2/h5H,3-4,6H2,1-2H3,(H,14,18)(H2,15,16,17). The average Bonchev–Trinajstić information content (AvgIpc) is 2.31. The summed E-state index contributed by atoms with van der Waals surface area (Å²) in [5.74, 6) is 0.862. The molecule has 0 spiro atoms. The van der Waals surface area contributed by atoms with Crippen molar-refractivity contribution in [3.05, 3.63) is 16.1 Å². The summed E-state index contributed by atoms with van der Waals surface area (Å²) in [5, 5.41) is 9.39. The molecule has 1 aromatic heterocycles. The second-order valence-corrected chi connectivity index (χ2v) is 4.30. The fourth-order valence-electron chi connectivity index (χ4n) is 1.31. The van der Waals surface area contributed by atoms with E-state index in [1.807, 2.05) is 13.8 Å². The van der Waals surface area contributed by atoms with Crippen molar-refractivity contribution in [2.45, 2.75) is 13.8 Å². The third-order valence-electron chi connectivity index (χ3n) is 2.06. The summed E-state index contributed by atoms with van der Waals surface area (Å²) in [6, 6.07) is 1.59. The van der Waals surface area contributed by atoms with Crippen LogP contribution in [0.25, 0.3) is 0 Å². The lowest BCUT2D eigenvalue weighted by atomic mass is 10.4. The number of carbonyl (C=O) groups excluding carboxylic acids is 1. The van der Waals surface area contributed by atoms with Crippen LogP contribution in [-0.2, 0) is 4.79 Å². The van der Waals surface area contributed by atoms with Crippen molar-refractivity contribution >= 4 is 40.7 Å². The SMILES string of the molecule is CCNC(=O)CNc1nc(NCC)c(Cl)cc1Cl. The van der Waals surface area contributed by atoms with Gasteiger partial charge in [-0.2, -0.15) is 0 Å². The summed E-state index contributed by atoms with van der Waals surface area (Å²) in [7, 11) is 0. The van der Waals surface area contributed by atoms with E-state index in [1.165, 1.54) is 0 Å². The third-order valence-corrected chi connectivity index (χ3v) is 2.64. The molecular weight excluding hydrogens is 275 g/mol. The van der Waals surface area contributed by atoms with Crippen molar-refractivity contribution in [1.82, 2.24) is 10.3 Å². The summed E-state index contributed by atoms with van der Waals surface area (Å²) in [4.78, 5) is 15.5. The van der Waals surface area contributed by atoms with Crippen molar-refractivity contribution < 1.29 is 4.79 Å². The summed E-state index contributed by atoms with van der Waals surface area (Å²) in [5.41, 5.74) is 0. The van der Waals surface area contributed by atoms with Crippen LogP contribution in [0.1, 0.15) is 13.8 Å². The van der Waals surface area contributed by atoms with E-state index in [-0.39, 0.29) is 12.5 Å². The number of hydrogen-bond acceptors (Lipinski definition) is 4. The maximum Gasteiger partial charge on any atom is 0.239 e. The van der Waals surface area contributed by atoms with Crippen LogP contribution in [0.2, 0.25) is 10.0 Å². The van der Waals surface area contributed by atoms with Crippen LogP contribution < -0.4 is 16.0 Å². The molecule has 0 aliphatic carbocycles. The number of halogens is 2. The van der Waals surface area contributed by atoms with Crippen LogP contribution in [0.15, 0.2) is 6.07 Å². The zero-order valence-corrected chi connectivity index (χ0v) is 11.8. The number of rotatable bonds is 6. The Hall–Kier alpha value is -1.20. The van der Waals surface area contributed by atoms with Gasteiger partial charge in [0.1, 0.15) is 11.6 Å². The highest BCUT2D eigenvalue weighted by atomic mass is 35.5. The van der Waals surface area contributed by atoms with Gasteiger partial charge in [-0.15, -0.1) is 0 Å². The zero-order valence-electron chi connectivity index (χ0n) is 10.3. The molecule has 0 aliphatic rings. The highest BCUT2D eigenvalue weighted by Gasteiger charge is 2.09. The van der Waals surface area contributed by atoms with Crippen LogP contribution in [0.4, 0.5) is 11.6 Å². The molecule has 18 heavy (non-hydrogen) atoms. The van der Waals surface area contributed by atoms with Crippen molar-refractivity contribution in [3.8, 4) is 0 Å². The van der Waals surface area contributed by atoms with Crippen molar-refractivity contribution in [3.63, 3.8) is 0 Å². The van der Waals surface area contributed by atoms with E-state index in [1.54, 1.807) is 6.07 Å². The molecule has 1 heterocycles. The number of pyridine rings is 1. The van der Waals surface area contributed by atoms with Crippen molar-refractivity contribution in [2.24, 2.45) is 0 Å². The number of anilines is 2. The van der Waals surface area contributed by atoms with Crippen LogP contribution in [0.3, 0.4) is 0 Å². The van der Waals surface area contributed by atoms with Gasteiger partial charge in [-0.05, 0) is 19.9 Å². The largest absolute Gasteiger partial charge is 0.369 e. The Morgan fingerprint density at radius 3 is 2.33 bits per heavy atom. The molecule has 0 saturated heterocycles. The lowest BCUT2D eigenvalue weighted by Crippen LogP contribution is -2.29. The molecule has 0 unspecified atom stereocenters. The van der Waals surface area contributed by atoms with E-state index in [0.717, 1.165) is 0 Å². The Labute approximate surface area is 116 Å². The monoisotopic (exact) mass is 290 g/mol. The average molecular weight is 291 g/mol. The molecule has 0 bridgehead atoms. The van der Waals surface area contributed by atoms with Crippen LogP contribution in [0.5, 0.6) is 0 Å². The first-order chi connectivity index (χ1) is 8.58. The minimum absolute atomic E-state index is 0.115. The molecule has 0 aliphatic heterocycles. The van der Waals surface area contributed by atoms with Crippen molar-refractivity contribution in [2.75, 3.05) is 30.3 Å². The molecule has 7 heteroatoms. The summed E-state index contributed by atoms with van der Waals surface area (Å²) >= 11 is 12.0. The van der Waals surface area contributed by atoms with E-state index >= 15 is 0 Å². The number of likely N-dealkylation sites (N-methyl/N-ethyl adjacent to an activating group) is 1. The quantitative estimate of drug-likeness (QED) is 0.753. The van der Waals surface area contributed by atoms with Gasteiger partial charge < -0.3 is 16.0 Å². The molecule has 1 amide bonds. The van der Waals surface area contributed by atoms with Crippen molar-refractivity contribution in [1.29, 1.82) is 0 Å². The first-order valence-corrected chi connectivity index (χ1v) is 6.44. The van der Waals surface area contributed by atoms with Crippen LogP contribution in [-0.4, -0.2) is 30.5 Å². The Bertz CT molecular complexity index is 426. The van der Waals surface area contributed by atoms with E-state index in [9.17, 15) is 4.79 Å². The fraction of sp³-hybridized carbons (Fsp3) is 0.455. The molecule has 3 N–H and O–H groups in total. The number of nitrogens with zero attached hydrogens (tertiary/aromatic N) is 1. The Balaban J connectivity index is 2.75. The molecule has 0 aromatic carbocycles. The molecule has 100 valence electrons. The number of amides is 1. The van der Waals surface area contributed by atoms with Gasteiger partial charge in [0.25, 0.3) is 0 Å². The highest BCUT2D eigenvalue weighted by molar-refractivity contribution is 6.37. The number of hydrogen-bond donors (Lipinski definition) is 3. The fourth-order valence-corrected chi connectivity index (χ4v) is 1.80. The third kappa shape index (κ3) is 4.23. The molecule has 5 nitrogen and oxygen atoms in total. The van der Waals surface area contributed by atoms with Gasteiger partial charge in [-0.25, -0.2) is 4.98 Å². The van der Waals surface area contributed by atoms with E-state index in [4.69, 9.17) is 23.2 Å². The minimum Gasteiger partial charge on any atom is -0.369 e. The topological polar surface area (TPSA) is 66.0 Å². The predicted octanol–water partition coefficient (Wildman–Crippen LogP) is 2.37. The molecule has 0 fully saturated rings. The maximum atomic E-state index is 11.3. The van der Waals surface area contributed by atoms with E-state index < -0.39 is 0 Å². The number of aromatic nitrogens is 1. The van der Waals surface area contributed by atoms with Gasteiger partial charge in [-0.1, -0.05) is 23.2 Å². The van der Waals surface area contributed by atoms with Gasteiger partial charge in [-0.3, -0.25) is 4.79 Å². The summed E-state index contributed by atoms with van der Waals surface area (Å²) in [6.07, 6.45) is 0. The van der Waals surface area contributed by atoms with E-state index in [2.05, 4.69) is 20.9 Å². The smallest absolute Gasteiger partial charge is 0.239 e. The summed E-state index contributed by atoms with van der Waals surface area (Å²) < 4.78 is 0. The normalized spacial score (nSPS) is 10.0. The molecule has 0 radical (unpaired) electrons. The molecule has 1 rings (SSSR count). The van der Waals surface area contributed by atoms with Gasteiger partial charge in [0.05, 0.1) is 16.6 Å². The Kier molecular flexibility index (Phi) is 6.01. The molecule has 0 atom stereocenters. The highest BCUT2D eigenvalue weighted by Crippen LogP contribution is 2.28.